The Bertz CT molecular complexity index is 658. The number of hydrogen-bond donors (Lipinski definition) is 3. The van der Waals surface area contributed by atoms with Gasteiger partial charge < -0.3 is 20.3 Å². The van der Waals surface area contributed by atoms with E-state index in [1.165, 1.54) is 6.92 Å². The van der Waals surface area contributed by atoms with Gasteiger partial charge in [-0.05, 0) is 30.9 Å². The molecule has 1 heterocycles. The number of carbonyl (C=O) groups is 2. The number of phenols is 1. The monoisotopic (exact) mass is 363 g/mol. The molecule has 2 rings (SSSR count). The van der Waals surface area contributed by atoms with Crippen molar-refractivity contribution in [3.63, 3.8) is 0 Å². The highest BCUT2D eigenvalue weighted by molar-refractivity contribution is 5.80. The van der Waals surface area contributed by atoms with Crippen molar-refractivity contribution in [2.24, 2.45) is 5.92 Å². The van der Waals surface area contributed by atoms with Crippen LogP contribution in [0.1, 0.15) is 69.9 Å². The summed E-state index contributed by atoms with van der Waals surface area (Å²) < 4.78 is 5.59. The zero-order valence-corrected chi connectivity index (χ0v) is 15.7. The van der Waals surface area contributed by atoms with Crippen LogP contribution in [0.2, 0.25) is 0 Å². The number of phenolic OH excluding ortho intramolecular Hbond substituents is 1. The van der Waals surface area contributed by atoms with Gasteiger partial charge in [0.1, 0.15) is 17.5 Å². The van der Waals surface area contributed by atoms with Crippen molar-refractivity contribution < 1.29 is 24.5 Å². The van der Waals surface area contributed by atoms with E-state index in [0.29, 0.717) is 11.3 Å². The second kappa shape index (κ2) is 9.03. The Kier molecular flexibility index (Phi) is 7.03. The molecule has 0 saturated heterocycles. The number of fused-ring (bicyclic) bond motifs is 1. The first-order valence-corrected chi connectivity index (χ1v) is 9.39. The van der Waals surface area contributed by atoms with Gasteiger partial charge in [-0.1, -0.05) is 45.6 Å². The summed E-state index contributed by atoms with van der Waals surface area (Å²) in [6, 6.07) is 2.61. The Hall–Kier alpha value is -2.08. The predicted octanol–water partition coefficient (Wildman–Crippen LogP) is 3.56. The molecule has 3 N–H and O–H groups in total. The molecule has 3 atom stereocenters. The van der Waals surface area contributed by atoms with Gasteiger partial charge in [0.15, 0.2) is 0 Å². The molecule has 6 nitrogen and oxygen atoms in total. The van der Waals surface area contributed by atoms with Crippen molar-refractivity contribution in [3.8, 4) is 11.5 Å². The number of carboxylic acid groups (broad SMARTS) is 1. The highest BCUT2D eigenvalue weighted by Crippen LogP contribution is 2.44. The van der Waals surface area contributed by atoms with E-state index in [-0.39, 0.29) is 30.1 Å². The number of carboxylic acids is 1. The van der Waals surface area contributed by atoms with Gasteiger partial charge in [0.2, 0.25) is 0 Å². The van der Waals surface area contributed by atoms with Crippen molar-refractivity contribution >= 4 is 11.9 Å². The van der Waals surface area contributed by atoms with Crippen LogP contribution in [0, 0.1) is 5.92 Å². The molecule has 3 unspecified atom stereocenters. The molecular formula is C20H29NO5. The summed E-state index contributed by atoms with van der Waals surface area (Å²) in [5.41, 5.74) is 1.32. The Labute approximate surface area is 154 Å². The molecular weight excluding hydrogens is 334 g/mol. The van der Waals surface area contributed by atoms with Crippen LogP contribution in [-0.2, 0) is 16.1 Å². The van der Waals surface area contributed by atoms with E-state index in [9.17, 15) is 14.7 Å². The van der Waals surface area contributed by atoms with Gasteiger partial charge in [-0.25, -0.2) is 0 Å². The van der Waals surface area contributed by atoms with Crippen molar-refractivity contribution in [2.75, 3.05) is 0 Å². The molecule has 1 aliphatic rings. The number of ether oxygens (including phenoxy) is 1. The second-order valence-corrected chi connectivity index (χ2v) is 7.09. The molecule has 144 valence electrons. The summed E-state index contributed by atoms with van der Waals surface area (Å²) in [4.78, 5) is 23.5. The Morgan fingerprint density at radius 2 is 2.04 bits per heavy atom. The van der Waals surface area contributed by atoms with E-state index in [1.807, 2.05) is 6.92 Å². The van der Waals surface area contributed by atoms with Crippen molar-refractivity contribution in [1.82, 2.24) is 5.32 Å². The Morgan fingerprint density at radius 3 is 2.69 bits per heavy atom. The van der Waals surface area contributed by atoms with Crippen molar-refractivity contribution in [1.29, 1.82) is 0 Å². The molecule has 1 aromatic rings. The first kappa shape index (κ1) is 20.2. The summed E-state index contributed by atoms with van der Waals surface area (Å²) in [5.74, 6) is -1.05. The number of benzene rings is 1. The van der Waals surface area contributed by atoms with Crippen molar-refractivity contribution in [2.45, 2.75) is 71.4 Å². The lowest BCUT2D eigenvalue weighted by Crippen LogP contribution is -2.34. The zero-order chi connectivity index (χ0) is 19.3. The molecule has 26 heavy (non-hydrogen) atoms. The van der Waals surface area contributed by atoms with Crippen LogP contribution >= 0.6 is 0 Å². The molecule has 0 fully saturated rings. The smallest absolute Gasteiger partial charge is 0.320 e. The molecule has 0 aliphatic carbocycles. The number of aliphatic carboxylic acids is 1. The molecule has 6 heteroatoms. The first-order valence-electron chi connectivity index (χ1n) is 9.39. The minimum atomic E-state index is -0.980. The lowest BCUT2D eigenvalue weighted by Gasteiger charge is -2.31. The highest BCUT2D eigenvalue weighted by atomic mass is 16.5. The van der Waals surface area contributed by atoms with Gasteiger partial charge in [0.05, 0.1) is 11.5 Å². The number of nitrogens with one attached hydrogen (secondary N) is 1. The predicted molar refractivity (Wildman–Crippen MR) is 98.3 cm³/mol. The van der Waals surface area contributed by atoms with Crippen LogP contribution in [-0.4, -0.2) is 28.2 Å². The third-order valence-corrected chi connectivity index (χ3v) is 5.19. The summed E-state index contributed by atoms with van der Waals surface area (Å²) >= 11 is 0. The average Bonchev–Trinajstić information content (AvgIpc) is 2.59. The van der Waals surface area contributed by atoms with E-state index in [0.717, 1.165) is 37.7 Å². The summed E-state index contributed by atoms with van der Waals surface area (Å²) in [6.07, 6.45) is 5.22. The summed E-state index contributed by atoms with van der Waals surface area (Å²) in [6.45, 7) is 5.80. The van der Waals surface area contributed by atoms with Gasteiger partial charge in [-0.15, -0.1) is 0 Å². The van der Waals surface area contributed by atoms with Crippen LogP contribution in [0.5, 0.6) is 11.5 Å². The van der Waals surface area contributed by atoms with E-state index >= 15 is 0 Å². The first-order chi connectivity index (χ1) is 12.4. The molecule has 1 aliphatic heterocycles. The molecule has 0 spiro atoms. The standard InChI is InChI=1S/C20H29NO5/c1-4-5-6-7-8-15-12(2)14-9-10-17(22)16(18(14)26-20(15)25)11-21-13(3)19(23)24/h9-10,12-13,15,21-22H,4-8,11H2,1-3H3,(H,23,24). The van der Waals surface area contributed by atoms with Crippen LogP contribution in [0.15, 0.2) is 12.1 Å². The maximum atomic E-state index is 12.5. The normalized spacial score (nSPS) is 20.3. The molecule has 1 aromatic carbocycles. The number of rotatable bonds is 9. The molecule has 0 saturated carbocycles. The van der Waals surface area contributed by atoms with Gasteiger partial charge in [-0.3, -0.25) is 9.59 Å². The number of esters is 1. The van der Waals surface area contributed by atoms with Crippen LogP contribution < -0.4 is 10.1 Å². The fraction of sp³-hybridized carbons (Fsp3) is 0.600. The molecule has 0 radical (unpaired) electrons. The van der Waals surface area contributed by atoms with Gasteiger partial charge in [-0.2, -0.15) is 0 Å². The van der Waals surface area contributed by atoms with E-state index in [1.54, 1.807) is 12.1 Å². The number of hydrogen-bond acceptors (Lipinski definition) is 5. The summed E-state index contributed by atoms with van der Waals surface area (Å²) in [7, 11) is 0. The van der Waals surface area contributed by atoms with Gasteiger partial charge in [0, 0.05) is 6.54 Å². The molecule has 0 aromatic heterocycles. The van der Waals surface area contributed by atoms with Crippen LogP contribution in [0.3, 0.4) is 0 Å². The van der Waals surface area contributed by atoms with E-state index in [4.69, 9.17) is 9.84 Å². The quantitative estimate of drug-likeness (QED) is 0.353. The lowest BCUT2D eigenvalue weighted by atomic mass is 9.81. The molecule has 0 amide bonds. The minimum Gasteiger partial charge on any atom is -0.507 e. The zero-order valence-electron chi connectivity index (χ0n) is 15.7. The third-order valence-electron chi connectivity index (χ3n) is 5.19. The minimum absolute atomic E-state index is 0.00382. The van der Waals surface area contributed by atoms with Crippen molar-refractivity contribution in [3.05, 3.63) is 23.3 Å². The largest absolute Gasteiger partial charge is 0.507 e. The van der Waals surface area contributed by atoms with E-state index < -0.39 is 12.0 Å². The Balaban J connectivity index is 2.18. The number of carbonyl (C=O) groups excluding carboxylic acids is 1. The lowest BCUT2D eigenvalue weighted by molar-refractivity contribution is -0.142. The molecule has 0 bridgehead atoms. The average molecular weight is 363 g/mol. The number of unbranched alkanes of at least 4 members (excludes halogenated alkanes) is 3. The Morgan fingerprint density at radius 1 is 1.31 bits per heavy atom. The van der Waals surface area contributed by atoms with Gasteiger partial charge in [0.25, 0.3) is 0 Å². The van der Waals surface area contributed by atoms with E-state index in [2.05, 4.69) is 12.2 Å². The topological polar surface area (TPSA) is 95.9 Å². The van der Waals surface area contributed by atoms with Gasteiger partial charge >= 0.3 is 11.9 Å². The maximum Gasteiger partial charge on any atom is 0.320 e. The third kappa shape index (κ3) is 4.55. The number of aromatic hydroxyl groups is 1. The van der Waals surface area contributed by atoms with Crippen LogP contribution in [0.4, 0.5) is 0 Å². The maximum absolute atomic E-state index is 12.5. The SMILES string of the molecule is CCCCCCC1C(=O)Oc2c(ccc(O)c2CNC(C)C(=O)O)C1C. The second-order valence-electron chi connectivity index (χ2n) is 7.09. The fourth-order valence-corrected chi connectivity index (χ4v) is 3.38. The summed E-state index contributed by atoms with van der Waals surface area (Å²) in [5, 5.41) is 22.0. The fourth-order valence-electron chi connectivity index (χ4n) is 3.38. The highest BCUT2D eigenvalue weighted by Gasteiger charge is 2.36. The van der Waals surface area contributed by atoms with Crippen LogP contribution in [0.25, 0.3) is 0 Å².